The predicted molar refractivity (Wildman–Crippen MR) is 47.4 cm³/mol. The monoisotopic (exact) mass is 146 g/mol. The van der Waals surface area contributed by atoms with Crippen LogP contribution in [0.5, 0.6) is 0 Å². The van der Waals surface area contributed by atoms with E-state index in [1.807, 2.05) is 18.3 Å². The fourth-order valence-corrected chi connectivity index (χ4v) is 1.36. The second-order valence-electron chi connectivity index (χ2n) is 2.85. The van der Waals surface area contributed by atoms with Crippen LogP contribution in [0.15, 0.2) is 23.2 Å². The molecule has 0 aromatic heterocycles. The molecule has 0 saturated heterocycles. The highest BCUT2D eigenvalue weighted by atomic mass is 14.8. The van der Waals surface area contributed by atoms with Crippen LogP contribution in [-0.2, 0) is 0 Å². The van der Waals surface area contributed by atoms with Crippen LogP contribution in [0.25, 0.3) is 0 Å². The van der Waals surface area contributed by atoms with E-state index in [1.165, 1.54) is 5.56 Å². The minimum absolute atomic E-state index is 0.425. The molecule has 2 rings (SSSR count). The van der Waals surface area contributed by atoms with E-state index in [0.29, 0.717) is 5.92 Å². The largest absolute Gasteiger partial charge is 0.397 e. The van der Waals surface area contributed by atoms with Gasteiger partial charge < -0.3 is 5.73 Å². The van der Waals surface area contributed by atoms with E-state index >= 15 is 0 Å². The summed E-state index contributed by atoms with van der Waals surface area (Å²) in [6.07, 6.45) is 1.93. The zero-order valence-electron chi connectivity index (χ0n) is 6.41. The van der Waals surface area contributed by atoms with Crippen molar-refractivity contribution in [2.75, 3.05) is 5.73 Å². The van der Waals surface area contributed by atoms with Crippen LogP contribution in [0.1, 0.15) is 18.4 Å². The van der Waals surface area contributed by atoms with E-state index in [4.69, 9.17) is 5.73 Å². The Morgan fingerprint density at radius 3 is 3.00 bits per heavy atom. The fraction of sp³-hybridized carbons (Fsp3) is 0.222. The third kappa shape index (κ3) is 0.827. The maximum Gasteiger partial charge on any atom is 0.0893 e. The molecule has 2 nitrogen and oxygen atoms in total. The smallest absolute Gasteiger partial charge is 0.0893 e. The normalized spacial score (nSPS) is 20.3. The molecular formula is C9H10N2. The molecule has 0 radical (unpaired) electrons. The second-order valence-corrected chi connectivity index (χ2v) is 2.85. The van der Waals surface area contributed by atoms with Crippen LogP contribution in [0.4, 0.5) is 11.4 Å². The van der Waals surface area contributed by atoms with Crippen molar-refractivity contribution in [1.29, 1.82) is 0 Å². The molecule has 1 atom stereocenters. The van der Waals surface area contributed by atoms with Gasteiger partial charge in [0.25, 0.3) is 0 Å². The van der Waals surface area contributed by atoms with Crippen molar-refractivity contribution in [2.45, 2.75) is 12.8 Å². The molecule has 11 heavy (non-hydrogen) atoms. The van der Waals surface area contributed by atoms with Crippen molar-refractivity contribution in [3.05, 3.63) is 23.8 Å². The van der Waals surface area contributed by atoms with Gasteiger partial charge in [0.2, 0.25) is 0 Å². The first-order valence-electron chi connectivity index (χ1n) is 3.71. The molecule has 2 heteroatoms. The third-order valence-electron chi connectivity index (χ3n) is 2.02. The van der Waals surface area contributed by atoms with E-state index in [0.717, 1.165) is 11.4 Å². The molecule has 2 N–H and O–H groups in total. The molecule has 0 fully saturated rings. The summed E-state index contributed by atoms with van der Waals surface area (Å²) in [5.74, 6) is 0.425. The maximum absolute atomic E-state index is 5.72. The van der Waals surface area contributed by atoms with Crippen molar-refractivity contribution in [2.24, 2.45) is 4.99 Å². The molecule has 0 aliphatic carbocycles. The first-order chi connectivity index (χ1) is 5.29. The number of para-hydroxylation sites is 1. The SMILES string of the molecule is C[C@@H]1C=Nc2c(N)cccc21. The van der Waals surface area contributed by atoms with Gasteiger partial charge >= 0.3 is 0 Å². The number of nitrogen functional groups attached to an aromatic ring is 1. The first kappa shape index (κ1) is 6.40. The van der Waals surface area contributed by atoms with Gasteiger partial charge in [0, 0.05) is 12.1 Å². The van der Waals surface area contributed by atoms with Crippen LogP contribution in [-0.4, -0.2) is 6.21 Å². The number of aliphatic imine (C=N–C) groups is 1. The number of benzene rings is 1. The van der Waals surface area contributed by atoms with Crippen LogP contribution < -0.4 is 5.73 Å². The third-order valence-corrected chi connectivity index (χ3v) is 2.02. The van der Waals surface area contributed by atoms with Gasteiger partial charge in [-0.05, 0) is 11.6 Å². The molecule has 1 aliphatic heterocycles. The van der Waals surface area contributed by atoms with E-state index in [2.05, 4.69) is 18.0 Å². The van der Waals surface area contributed by atoms with Gasteiger partial charge in [-0.25, -0.2) is 0 Å². The van der Waals surface area contributed by atoms with E-state index in [-0.39, 0.29) is 0 Å². The summed E-state index contributed by atoms with van der Waals surface area (Å²) < 4.78 is 0. The molecule has 1 aromatic carbocycles. The van der Waals surface area contributed by atoms with E-state index < -0.39 is 0 Å². The molecule has 1 aliphatic rings. The Morgan fingerprint density at radius 2 is 2.27 bits per heavy atom. The van der Waals surface area contributed by atoms with Crippen molar-refractivity contribution in [3.8, 4) is 0 Å². The maximum atomic E-state index is 5.72. The average molecular weight is 146 g/mol. The molecule has 0 amide bonds. The number of anilines is 1. The molecular weight excluding hydrogens is 136 g/mol. The summed E-state index contributed by atoms with van der Waals surface area (Å²) >= 11 is 0. The summed E-state index contributed by atoms with van der Waals surface area (Å²) in [7, 11) is 0. The predicted octanol–water partition coefficient (Wildman–Crippen LogP) is 2.09. The van der Waals surface area contributed by atoms with Crippen LogP contribution in [0.3, 0.4) is 0 Å². The summed E-state index contributed by atoms with van der Waals surface area (Å²) in [5, 5.41) is 0. The Bertz CT molecular complexity index is 315. The van der Waals surface area contributed by atoms with Crippen molar-refractivity contribution < 1.29 is 0 Å². The minimum atomic E-state index is 0.425. The van der Waals surface area contributed by atoms with Gasteiger partial charge in [0.05, 0.1) is 11.4 Å². The molecule has 0 unspecified atom stereocenters. The van der Waals surface area contributed by atoms with E-state index in [1.54, 1.807) is 0 Å². The number of nitrogens with zero attached hydrogens (tertiary/aromatic N) is 1. The average Bonchev–Trinajstić information content (AvgIpc) is 2.35. The highest BCUT2D eigenvalue weighted by molar-refractivity contribution is 5.85. The van der Waals surface area contributed by atoms with Crippen LogP contribution >= 0.6 is 0 Å². The standard InChI is InChI=1S/C9H10N2/c1-6-5-11-9-7(6)3-2-4-8(9)10/h2-6H,10H2,1H3/t6-/m1/s1. The van der Waals surface area contributed by atoms with Crippen molar-refractivity contribution >= 4 is 17.6 Å². The van der Waals surface area contributed by atoms with Crippen molar-refractivity contribution in [3.63, 3.8) is 0 Å². The van der Waals surface area contributed by atoms with Crippen molar-refractivity contribution in [1.82, 2.24) is 0 Å². The Morgan fingerprint density at radius 1 is 1.45 bits per heavy atom. The van der Waals surface area contributed by atoms with Crippen LogP contribution in [0.2, 0.25) is 0 Å². The van der Waals surface area contributed by atoms with Gasteiger partial charge in [-0.3, -0.25) is 4.99 Å². The lowest BCUT2D eigenvalue weighted by atomic mass is 10.0. The molecule has 56 valence electrons. The fourth-order valence-electron chi connectivity index (χ4n) is 1.36. The lowest BCUT2D eigenvalue weighted by Crippen LogP contribution is -1.90. The lowest BCUT2D eigenvalue weighted by Gasteiger charge is -2.03. The summed E-state index contributed by atoms with van der Waals surface area (Å²) in [6, 6.07) is 5.93. The molecule has 0 bridgehead atoms. The quantitative estimate of drug-likeness (QED) is 0.559. The van der Waals surface area contributed by atoms with Gasteiger partial charge in [-0.2, -0.15) is 0 Å². The zero-order valence-corrected chi connectivity index (χ0v) is 6.41. The molecule has 1 heterocycles. The van der Waals surface area contributed by atoms with Gasteiger partial charge in [-0.15, -0.1) is 0 Å². The number of fused-ring (bicyclic) bond motifs is 1. The summed E-state index contributed by atoms with van der Waals surface area (Å²) in [6.45, 7) is 2.12. The number of hydrogen-bond donors (Lipinski definition) is 1. The van der Waals surface area contributed by atoms with E-state index in [9.17, 15) is 0 Å². The second kappa shape index (κ2) is 2.09. The van der Waals surface area contributed by atoms with Crippen LogP contribution in [0, 0.1) is 0 Å². The molecule has 1 aromatic rings. The van der Waals surface area contributed by atoms with Gasteiger partial charge in [0.1, 0.15) is 0 Å². The topological polar surface area (TPSA) is 38.4 Å². The summed E-state index contributed by atoms with van der Waals surface area (Å²) in [5.41, 5.74) is 8.70. The van der Waals surface area contributed by atoms with Gasteiger partial charge in [0.15, 0.2) is 0 Å². The Labute approximate surface area is 65.8 Å². The first-order valence-corrected chi connectivity index (χ1v) is 3.71. The Kier molecular flexibility index (Phi) is 1.22. The molecule has 0 saturated carbocycles. The van der Waals surface area contributed by atoms with Gasteiger partial charge in [-0.1, -0.05) is 19.1 Å². The minimum Gasteiger partial charge on any atom is -0.397 e. The zero-order chi connectivity index (χ0) is 7.84. The summed E-state index contributed by atoms with van der Waals surface area (Å²) in [4.78, 5) is 4.23. The number of hydrogen-bond acceptors (Lipinski definition) is 2. The Hall–Kier alpha value is -1.31. The lowest BCUT2D eigenvalue weighted by molar-refractivity contribution is 1.08. The number of nitrogens with two attached hydrogens (primary N) is 1. The molecule has 0 spiro atoms. The highest BCUT2D eigenvalue weighted by Gasteiger charge is 2.15. The highest BCUT2D eigenvalue weighted by Crippen LogP contribution is 2.35. The Balaban J connectivity index is 2.65. The number of rotatable bonds is 0.